The summed E-state index contributed by atoms with van der Waals surface area (Å²) < 4.78 is 0. The van der Waals surface area contributed by atoms with E-state index in [4.69, 9.17) is 28.9 Å². The molecule has 1 heterocycles. The Kier molecular flexibility index (Phi) is 2.28. The molecule has 2 N–H and O–H groups in total. The van der Waals surface area contributed by atoms with Gasteiger partial charge in [-0.2, -0.15) is 0 Å². The Hall–Kier alpha value is -0.120. The number of nitrogen functional groups attached to an aromatic ring is 1. The molecule has 0 saturated carbocycles. The predicted octanol–water partition coefficient (Wildman–Crippen LogP) is 2.26. The number of hydrogen-bond acceptors (Lipinski definition) is 3. The van der Waals surface area contributed by atoms with Gasteiger partial charge in [-0.25, -0.2) is 4.98 Å². The zero-order chi connectivity index (χ0) is 7.72. The zero-order valence-electron chi connectivity index (χ0n) is 4.81. The number of aromatic nitrogens is 1. The summed E-state index contributed by atoms with van der Waals surface area (Å²) in [4.78, 5) is 4.17. The van der Waals surface area contributed by atoms with Crippen molar-refractivity contribution >= 4 is 41.6 Å². The lowest BCUT2D eigenvalue weighted by Crippen LogP contribution is -1.91. The molecule has 1 rings (SSSR count). The average molecular weight is 195 g/mol. The molecular weight excluding hydrogens is 191 g/mol. The van der Waals surface area contributed by atoms with Gasteiger partial charge in [-0.15, -0.1) is 12.6 Å². The lowest BCUT2D eigenvalue weighted by atomic mass is 10.4. The lowest BCUT2D eigenvalue weighted by molar-refractivity contribution is 1.28. The summed E-state index contributed by atoms with van der Waals surface area (Å²) >= 11 is 15.2. The second-order valence-electron chi connectivity index (χ2n) is 1.65. The first-order chi connectivity index (χ1) is 4.63. The van der Waals surface area contributed by atoms with Crippen LogP contribution in [0.1, 0.15) is 0 Å². The van der Waals surface area contributed by atoms with E-state index in [0.717, 1.165) is 0 Å². The van der Waals surface area contributed by atoms with Gasteiger partial charge in [0.2, 0.25) is 0 Å². The summed E-state index contributed by atoms with van der Waals surface area (Å²) in [6.07, 6.45) is 1.41. The maximum atomic E-state index is 5.63. The van der Waals surface area contributed by atoms with Crippen LogP contribution in [0.2, 0.25) is 10.0 Å². The van der Waals surface area contributed by atoms with Crippen LogP contribution in [-0.2, 0) is 0 Å². The molecule has 0 saturated heterocycles. The van der Waals surface area contributed by atoms with Crippen LogP contribution in [-0.4, -0.2) is 4.98 Å². The van der Waals surface area contributed by atoms with Gasteiger partial charge in [-0.3, -0.25) is 0 Å². The van der Waals surface area contributed by atoms with Crippen LogP contribution in [0.4, 0.5) is 5.82 Å². The van der Waals surface area contributed by atoms with Gasteiger partial charge in [0.25, 0.3) is 0 Å². The molecule has 0 bridgehead atoms. The Morgan fingerprint density at radius 2 is 2.10 bits per heavy atom. The van der Waals surface area contributed by atoms with E-state index in [-0.39, 0.29) is 5.82 Å². The fourth-order valence-corrected chi connectivity index (χ4v) is 0.985. The molecule has 1 aromatic heterocycles. The van der Waals surface area contributed by atoms with Crippen LogP contribution in [0.25, 0.3) is 0 Å². The van der Waals surface area contributed by atoms with Gasteiger partial charge in [0.05, 0.1) is 10.0 Å². The van der Waals surface area contributed by atoms with E-state index in [9.17, 15) is 0 Å². The van der Waals surface area contributed by atoms with Crippen LogP contribution in [0.15, 0.2) is 11.1 Å². The van der Waals surface area contributed by atoms with E-state index in [2.05, 4.69) is 17.6 Å². The van der Waals surface area contributed by atoms with E-state index in [1.54, 1.807) is 0 Å². The van der Waals surface area contributed by atoms with Crippen LogP contribution in [0, 0.1) is 0 Å². The number of nitrogens with two attached hydrogens (primary N) is 1. The van der Waals surface area contributed by atoms with Gasteiger partial charge in [0, 0.05) is 11.1 Å². The summed E-state index contributed by atoms with van der Waals surface area (Å²) in [6.45, 7) is 0. The molecule has 0 atom stereocenters. The number of halogens is 2. The standard InChI is InChI=1S/C5H4Cl2N2S/c6-2-1-9-5(8)3(7)4(2)10/h1H,(H3,8,9,10). The fourth-order valence-electron chi connectivity index (χ4n) is 0.470. The molecule has 0 aliphatic heterocycles. The number of pyridine rings is 1. The minimum atomic E-state index is 0.246. The average Bonchev–Trinajstić information content (AvgIpc) is 1.93. The molecule has 0 fully saturated rings. The van der Waals surface area contributed by atoms with Crippen LogP contribution in [0.3, 0.4) is 0 Å². The molecule has 54 valence electrons. The number of anilines is 1. The third kappa shape index (κ3) is 1.31. The normalized spacial score (nSPS) is 9.90. The first-order valence-electron chi connectivity index (χ1n) is 2.41. The minimum absolute atomic E-state index is 0.246. The van der Waals surface area contributed by atoms with Crippen molar-refractivity contribution < 1.29 is 0 Å². The summed E-state index contributed by atoms with van der Waals surface area (Å²) in [5, 5.41) is 0.707. The van der Waals surface area contributed by atoms with Crippen molar-refractivity contribution in [2.24, 2.45) is 0 Å². The molecule has 0 spiro atoms. The maximum absolute atomic E-state index is 5.63. The van der Waals surface area contributed by atoms with Gasteiger partial charge in [0.15, 0.2) is 0 Å². The fraction of sp³-hybridized carbons (Fsp3) is 0. The molecule has 10 heavy (non-hydrogen) atoms. The third-order valence-electron chi connectivity index (χ3n) is 0.976. The van der Waals surface area contributed by atoms with Crippen molar-refractivity contribution in [2.75, 3.05) is 5.73 Å². The zero-order valence-corrected chi connectivity index (χ0v) is 7.21. The van der Waals surface area contributed by atoms with Gasteiger partial charge in [-0.05, 0) is 0 Å². The van der Waals surface area contributed by atoms with Crippen LogP contribution < -0.4 is 5.73 Å². The van der Waals surface area contributed by atoms with Crippen LogP contribution in [0.5, 0.6) is 0 Å². The van der Waals surface area contributed by atoms with E-state index >= 15 is 0 Å². The van der Waals surface area contributed by atoms with E-state index in [1.165, 1.54) is 6.20 Å². The molecule has 2 nitrogen and oxygen atoms in total. The molecule has 0 aliphatic carbocycles. The van der Waals surface area contributed by atoms with Crippen molar-refractivity contribution in [3.05, 3.63) is 16.2 Å². The van der Waals surface area contributed by atoms with E-state index in [0.29, 0.717) is 14.9 Å². The van der Waals surface area contributed by atoms with E-state index < -0.39 is 0 Å². The topological polar surface area (TPSA) is 38.9 Å². The number of nitrogens with zero attached hydrogens (tertiary/aromatic N) is 1. The van der Waals surface area contributed by atoms with Crippen LogP contribution >= 0.6 is 35.8 Å². The van der Waals surface area contributed by atoms with Crippen molar-refractivity contribution in [3.63, 3.8) is 0 Å². The Labute approximate surface area is 73.8 Å². The molecule has 1 aromatic rings. The highest BCUT2D eigenvalue weighted by molar-refractivity contribution is 7.80. The van der Waals surface area contributed by atoms with Crippen molar-refractivity contribution in [1.29, 1.82) is 0 Å². The minimum Gasteiger partial charge on any atom is -0.382 e. The first kappa shape index (κ1) is 7.98. The predicted molar refractivity (Wildman–Crippen MR) is 45.9 cm³/mol. The number of rotatable bonds is 0. The number of thiol groups is 1. The lowest BCUT2D eigenvalue weighted by Gasteiger charge is -2.00. The number of hydrogen-bond donors (Lipinski definition) is 2. The summed E-state index contributed by atoms with van der Waals surface area (Å²) in [5.74, 6) is 0.246. The molecular formula is C5H4Cl2N2S. The second-order valence-corrected chi connectivity index (χ2v) is 2.89. The Bertz CT molecular complexity index is 237. The largest absolute Gasteiger partial charge is 0.382 e. The highest BCUT2D eigenvalue weighted by Gasteiger charge is 2.04. The van der Waals surface area contributed by atoms with Crippen molar-refractivity contribution in [2.45, 2.75) is 4.90 Å². The molecule has 0 aliphatic rings. The highest BCUT2D eigenvalue weighted by Crippen LogP contribution is 2.30. The quantitative estimate of drug-likeness (QED) is 0.623. The van der Waals surface area contributed by atoms with Gasteiger partial charge < -0.3 is 5.73 Å². The van der Waals surface area contributed by atoms with E-state index in [1.807, 2.05) is 0 Å². The second kappa shape index (κ2) is 2.86. The van der Waals surface area contributed by atoms with Crippen molar-refractivity contribution in [1.82, 2.24) is 4.98 Å². The molecule has 0 radical (unpaired) electrons. The highest BCUT2D eigenvalue weighted by atomic mass is 35.5. The Morgan fingerprint density at radius 1 is 1.50 bits per heavy atom. The van der Waals surface area contributed by atoms with Gasteiger partial charge in [0.1, 0.15) is 5.82 Å². The monoisotopic (exact) mass is 194 g/mol. The first-order valence-corrected chi connectivity index (χ1v) is 3.61. The van der Waals surface area contributed by atoms with Gasteiger partial charge in [-0.1, -0.05) is 23.2 Å². The Balaban J connectivity index is 3.34. The smallest absolute Gasteiger partial charge is 0.143 e. The molecule has 0 unspecified atom stereocenters. The maximum Gasteiger partial charge on any atom is 0.143 e. The third-order valence-corrected chi connectivity index (χ3v) is 2.37. The summed E-state index contributed by atoms with van der Waals surface area (Å²) in [6, 6.07) is 0. The summed E-state index contributed by atoms with van der Waals surface area (Å²) in [5.41, 5.74) is 5.34. The Morgan fingerprint density at radius 3 is 2.60 bits per heavy atom. The van der Waals surface area contributed by atoms with Crippen molar-refractivity contribution in [3.8, 4) is 0 Å². The SMILES string of the molecule is Nc1ncc(Cl)c(S)c1Cl. The molecule has 5 heteroatoms. The molecule has 0 amide bonds. The van der Waals surface area contributed by atoms with Gasteiger partial charge >= 0.3 is 0 Å². The summed E-state index contributed by atoms with van der Waals surface area (Å²) in [7, 11) is 0. The molecule has 0 aromatic carbocycles.